The largest absolute Gasteiger partial charge is 0.389 e. The number of pyridine rings is 1. The molecule has 3 aromatic rings. The lowest BCUT2D eigenvalue weighted by molar-refractivity contribution is -0.0136. The smallest absolute Gasteiger partial charge is 0.223 e. The molecule has 0 amide bonds. The van der Waals surface area contributed by atoms with Crippen molar-refractivity contribution in [1.29, 1.82) is 0 Å². The number of nitrogens with zero attached hydrogens (tertiary/aromatic N) is 4. The predicted octanol–water partition coefficient (Wildman–Crippen LogP) is 3.43. The van der Waals surface area contributed by atoms with Crippen molar-refractivity contribution in [3.05, 3.63) is 51.7 Å². The molecule has 0 bridgehead atoms. The van der Waals surface area contributed by atoms with Gasteiger partial charge in [0.15, 0.2) is 11.2 Å². The molecule has 0 radical (unpaired) electrons. The average Bonchev–Trinajstić information content (AvgIpc) is 2.83. The number of fused-ring (bicyclic) bond motifs is 1. The SMILES string of the molecule is Cc1c(C2CCN2C)n(C(C)C)c2cc(-c3nc(N[C@@H]4CCOC[C@H]4O)ncc3F)ccc2c1=O. The highest BCUT2D eigenvalue weighted by Crippen LogP contribution is 2.36. The summed E-state index contributed by atoms with van der Waals surface area (Å²) in [5, 5.41) is 13.9. The molecule has 2 aliphatic rings. The normalized spacial score (nSPS) is 23.0. The van der Waals surface area contributed by atoms with E-state index in [2.05, 4.69) is 45.6 Å². The molecule has 8 nitrogen and oxygen atoms in total. The van der Waals surface area contributed by atoms with Crippen LogP contribution in [-0.4, -0.2) is 63.5 Å². The summed E-state index contributed by atoms with van der Waals surface area (Å²) in [6.45, 7) is 7.87. The van der Waals surface area contributed by atoms with Gasteiger partial charge in [-0.05, 0) is 52.8 Å². The fraction of sp³-hybridized carbons (Fsp3) is 0.500. The first-order valence-corrected chi connectivity index (χ1v) is 12.2. The molecule has 2 saturated heterocycles. The van der Waals surface area contributed by atoms with Gasteiger partial charge in [-0.15, -0.1) is 0 Å². The first-order valence-electron chi connectivity index (χ1n) is 12.2. The number of ether oxygens (including phenoxy) is 1. The van der Waals surface area contributed by atoms with Gasteiger partial charge in [-0.25, -0.2) is 14.4 Å². The van der Waals surface area contributed by atoms with Gasteiger partial charge in [-0.1, -0.05) is 6.07 Å². The Bertz CT molecular complexity index is 1320. The quantitative estimate of drug-likeness (QED) is 0.577. The molecule has 0 aliphatic carbocycles. The zero-order valence-electron chi connectivity index (χ0n) is 20.6. The minimum absolute atomic E-state index is 0.0118. The number of anilines is 1. The van der Waals surface area contributed by atoms with Gasteiger partial charge in [-0.3, -0.25) is 9.69 Å². The summed E-state index contributed by atoms with van der Waals surface area (Å²) in [6, 6.07) is 5.39. The molecule has 35 heavy (non-hydrogen) atoms. The van der Waals surface area contributed by atoms with Crippen molar-refractivity contribution in [1.82, 2.24) is 19.4 Å². The predicted molar refractivity (Wildman–Crippen MR) is 133 cm³/mol. The van der Waals surface area contributed by atoms with Gasteiger partial charge in [0.1, 0.15) is 5.69 Å². The van der Waals surface area contributed by atoms with E-state index >= 15 is 0 Å². The van der Waals surface area contributed by atoms with Crippen molar-refractivity contribution in [3.8, 4) is 11.3 Å². The van der Waals surface area contributed by atoms with E-state index in [1.54, 1.807) is 12.1 Å². The Morgan fingerprint density at radius 2 is 2.09 bits per heavy atom. The van der Waals surface area contributed by atoms with Gasteiger partial charge in [0.2, 0.25) is 5.95 Å². The van der Waals surface area contributed by atoms with Crippen LogP contribution in [0, 0.1) is 12.7 Å². The average molecular weight is 482 g/mol. The number of aliphatic hydroxyl groups excluding tert-OH is 1. The van der Waals surface area contributed by atoms with Crippen LogP contribution in [0.25, 0.3) is 22.2 Å². The second kappa shape index (κ2) is 9.29. The summed E-state index contributed by atoms with van der Waals surface area (Å²) in [6.07, 6.45) is 2.06. The monoisotopic (exact) mass is 481 g/mol. The molecular formula is C26H32FN5O3. The van der Waals surface area contributed by atoms with Gasteiger partial charge in [0, 0.05) is 41.4 Å². The molecule has 0 spiro atoms. The lowest BCUT2D eigenvalue weighted by atomic mass is 9.93. The van der Waals surface area contributed by atoms with Crippen molar-refractivity contribution >= 4 is 16.9 Å². The second-order valence-corrected chi connectivity index (χ2v) is 9.89. The number of benzene rings is 1. The maximum atomic E-state index is 14.9. The van der Waals surface area contributed by atoms with Gasteiger partial charge in [0.05, 0.1) is 36.5 Å². The summed E-state index contributed by atoms with van der Waals surface area (Å²) in [4.78, 5) is 24.1. The first kappa shape index (κ1) is 23.8. The highest BCUT2D eigenvalue weighted by Gasteiger charge is 2.32. The van der Waals surface area contributed by atoms with Gasteiger partial charge < -0.3 is 19.7 Å². The van der Waals surface area contributed by atoms with Crippen molar-refractivity contribution < 1.29 is 14.2 Å². The molecule has 0 saturated carbocycles. The van der Waals surface area contributed by atoms with E-state index < -0.39 is 11.9 Å². The van der Waals surface area contributed by atoms with E-state index in [-0.39, 0.29) is 41.8 Å². The Morgan fingerprint density at radius 1 is 1.29 bits per heavy atom. The molecule has 2 aromatic heterocycles. The van der Waals surface area contributed by atoms with E-state index in [1.165, 1.54) is 0 Å². The summed E-state index contributed by atoms with van der Waals surface area (Å²) in [5.41, 5.74) is 3.30. The first-order chi connectivity index (χ1) is 16.8. The van der Waals surface area contributed by atoms with E-state index in [4.69, 9.17) is 4.74 Å². The number of likely N-dealkylation sites (tertiary alicyclic amines) is 1. The van der Waals surface area contributed by atoms with Crippen molar-refractivity contribution in [2.24, 2.45) is 0 Å². The summed E-state index contributed by atoms with van der Waals surface area (Å²) in [7, 11) is 2.07. The molecule has 3 atom stereocenters. The van der Waals surface area contributed by atoms with Crippen LogP contribution in [0.4, 0.5) is 10.3 Å². The molecule has 186 valence electrons. The summed E-state index contributed by atoms with van der Waals surface area (Å²) in [5.74, 6) is -0.304. The number of hydrogen-bond donors (Lipinski definition) is 2. The third-order valence-electron chi connectivity index (χ3n) is 7.26. The summed E-state index contributed by atoms with van der Waals surface area (Å²) < 4.78 is 22.4. The maximum absolute atomic E-state index is 14.9. The number of nitrogens with one attached hydrogen (secondary N) is 1. The Kier molecular flexibility index (Phi) is 6.33. The zero-order chi connectivity index (χ0) is 24.9. The topological polar surface area (TPSA) is 92.5 Å². The van der Waals surface area contributed by atoms with Crippen LogP contribution in [0.3, 0.4) is 0 Å². The molecular weight excluding hydrogens is 449 g/mol. The Balaban J connectivity index is 1.62. The molecule has 4 heterocycles. The van der Waals surface area contributed by atoms with Crippen molar-refractivity contribution in [2.75, 3.05) is 32.1 Å². The summed E-state index contributed by atoms with van der Waals surface area (Å²) >= 11 is 0. The minimum atomic E-state index is -0.687. The van der Waals surface area contributed by atoms with Gasteiger partial charge in [-0.2, -0.15) is 0 Å². The minimum Gasteiger partial charge on any atom is -0.389 e. The Hall–Kier alpha value is -2.88. The maximum Gasteiger partial charge on any atom is 0.223 e. The molecule has 2 N–H and O–H groups in total. The van der Waals surface area contributed by atoms with Gasteiger partial charge in [0.25, 0.3) is 0 Å². The number of rotatable bonds is 5. The van der Waals surface area contributed by atoms with Crippen molar-refractivity contribution in [2.45, 2.75) is 57.8 Å². The van der Waals surface area contributed by atoms with E-state index in [9.17, 15) is 14.3 Å². The Labute approximate surface area is 203 Å². The Morgan fingerprint density at radius 3 is 2.74 bits per heavy atom. The van der Waals surface area contributed by atoms with E-state index in [0.717, 1.165) is 35.9 Å². The second-order valence-electron chi connectivity index (χ2n) is 9.89. The molecule has 9 heteroatoms. The molecule has 5 rings (SSSR count). The standard InChI is InChI=1S/C26H32FN5O3/c1-14(2)32-21-11-16(5-6-17(21)25(34)15(3)24(32)20-7-9-31(20)4)23-18(27)12-28-26(30-23)29-19-8-10-35-13-22(19)33/h5-6,11-12,14,19-20,22,33H,7-10,13H2,1-4H3,(H,28,29,30)/t19-,20?,22-/m1/s1. The number of halogens is 1. The molecule has 1 unspecified atom stereocenters. The lowest BCUT2D eigenvalue weighted by Gasteiger charge is -2.41. The molecule has 2 aliphatic heterocycles. The van der Waals surface area contributed by atoms with Crippen LogP contribution < -0.4 is 10.7 Å². The highest BCUT2D eigenvalue weighted by molar-refractivity contribution is 5.85. The number of aliphatic hydroxyl groups is 1. The third kappa shape index (κ3) is 4.22. The molecule has 1 aromatic carbocycles. The molecule has 2 fully saturated rings. The van der Waals surface area contributed by atoms with Crippen LogP contribution in [0.2, 0.25) is 0 Å². The third-order valence-corrected chi connectivity index (χ3v) is 7.26. The van der Waals surface area contributed by atoms with E-state index in [1.807, 2.05) is 13.0 Å². The fourth-order valence-corrected chi connectivity index (χ4v) is 5.22. The van der Waals surface area contributed by atoms with Crippen LogP contribution in [0.15, 0.2) is 29.2 Å². The van der Waals surface area contributed by atoms with Crippen LogP contribution >= 0.6 is 0 Å². The number of aromatic nitrogens is 3. The van der Waals surface area contributed by atoms with Crippen LogP contribution in [0.1, 0.15) is 50.0 Å². The van der Waals surface area contributed by atoms with Crippen LogP contribution in [0.5, 0.6) is 0 Å². The van der Waals surface area contributed by atoms with Crippen molar-refractivity contribution in [3.63, 3.8) is 0 Å². The lowest BCUT2D eigenvalue weighted by Crippen LogP contribution is -2.42. The van der Waals surface area contributed by atoms with E-state index in [0.29, 0.717) is 24.0 Å². The highest BCUT2D eigenvalue weighted by atomic mass is 19.1. The zero-order valence-corrected chi connectivity index (χ0v) is 20.6. The van der Waals surface area contributed by atoms with Gasteiger partial charge >= 0.3 is 0 Å². The fourth-order valence-electron chi connectivity index (χ4n) is 5.22. The number of hydrogen-bond acceptors (Lipinski definition) is 7. The van der Waals surface area contributed by atoms with Crippen LogP contribution in [-0.2, 0) is 4.74 Å².